The molecule has 0 spiro atoms. The number of fused-ring (bicyclic) bond motifs is 2. The normalized spacial score (nSPS) is 15.0. The minimum absolute atomic E-state index is 0.0517. The van der Waals surface area contributed by atoms with Crippen molar-refractivity contribution in [2.24, 2.45) is 5.92 Å². The Balaban J connectivity index is 1.68. The highest BCUT2D eigenvalue weighted by Crippen LogP contribution is 2.43. The zero-order chi connectivity index (χ0) is 25.4. The van der Waals surface area contributed by atoms with E-state index in [2.05, 4.69) is 13.8 Å². The van der Waals surface area contributed by atoms with E-state index in [0.29, 0.717) is 35.3 Å². The molecule has 7 heteroatoms. The van der Waals surface area contributed by atoms with Gasteiger partial charge in [0.2, 0.25) is 5.76 Å². The van der Waals surface area contributed by atoms with Crippen LogP contribution >= 0.6 is 0 Å². The fraction of sp³-hybridized carbons (Fsp3) is 0.241. The quantitative estimate of drug-likeness (QED) is 0.314. The predicted octanol–water partition coefficient (Wildman–Crippen LogP) is 6.12. The third-order valence-corrected chi connectivity index (χ3v) is 6.32. The smallest absolute Gasteiger partial charge is 0.295 e. The number of carbonyl (C=O) groups excluding carboxylic acids is 1. The highest BCUT2D eigenvalue weighted by atomic mass is 19.1. The van der Waals surface area contributed by atoms with Crippen molar-refractivity contribution in [3.8, 4) is 11.5 Å². The van der Waals surface area contributed by atoms with Gasteiger partial charge >= 0.3 is 0 Å². The number of anilines is 1. The first-order valence-electron chi connectivity index (χ1n) is 11.8. The molecule has 0 saturated heterocycles. The predicted molar refractivity (Wildman–Crippen MR) is 135 cm³/mol. The van der Waals surface area contributed by atoms with Crippen LogP contribution in [0.3, 0.4) is 0 Å². The largest absolute Gasteiger partial charge is 0.493 e. The van der Waals surface area contributed by atoms with Crippen LogP contribution in [-0.2, 0) is 0 Å². The highest BCUT2D eigenvalue weighted by molar-refractivity contribution is 6.10. The lowest BCUT2D eigenvalue weighted by Crippen LogP contribution is -2.29. The summed E-state index contributed by atoms with van der Waals surface area (Å²) in [6.45, 7) is 4.78. The first-order valence-corrected chi connectivity index (χ1v) is 11.8. The molecule has 184 valence electrons. The molecule has 1 atom stereocenters. The van der Waals surface area contributed by atoms with Gasteiger partial charge in [0.1, 0.15) is 11.4 Å². The SMILES string of the molecule is COc1cc(C2c3c(oc4ccc(F)cc4c3=O)C(=O)N2c2ccccc2)ccc1OCCC(C)C. The Bertz CT molecular complexity index is 1500. The molecule has 1 aromatic heterocycles. The Kier molecular flexibility index (Phi) is 6.22. The second-order valence-corrected chi connectivity index (χ2v) is 9.17. The minimum atomic E-state index is -0.794. The van der Waals surface area contributed by atoms with Crippen molar-refractivity contribution in [1.29, 1.82) is 0 Å². The molecule has 36 heavy (non-hydrogen) atoms. The zero-order valence-corrected chi connectivity index (χ0v) is 20.3. The lowest BCUT2D eigenvalue weighted by molar-refractivity contribution is 0.0971. The van der Waals surface area contributed by atoms with Crippen LogP contribution in [0.25, 0.3) is 11.0 Å². The monoisotopic (exact) mass is 487 g/mol. The van der Waals surface area contributed by atoms with Gasteiger partial charge in [0.25, 0.3) is 5.91 Å². The second-order valence-electron chi connectivity index (χ2n) is 9.17. The number of rotatable bonds is 7. The van der Waals surface area contributed by atoms with Gasteiger partial charge in [-0.2, -0.15) is 0 Å². The summed E-state index contributed by atoms with van der Waals surface area (Å²) in [6, 6.07) is 17.3. The van der Waals surface area contributed by atoms with E-state index in [1.165, 1.54) is 17.0 Å². The van der Waals surface area contributed by atoms with Gasteiger partial charge in [-0.1, -0.05) is 38.1 Å². The molecule has 1 aliphatic rings. The average Bonchev–Trinajstić information content (AvgIpc) is 3.17. The van der Waals surface area contributed by atoms with Gasteiger partial charge in [-0.05, 0) is 60.4 Å². The van der Waals surface area contributed by atoms with E-state index < -0.39 is 23.2 Å². The van der Waals surface area contributed by atoms with Crippen LogP contribution in [0.2, 0.25) is 0 Å². The summed E-state index contributed by atoms with van der Waals surface area (Å²) in [4.78, 5) is 28.8. The maximum Gasteiger partial charge on any atom is 0.295 e. The molecular weight excluding hydrogens is 461 g/mol. The number of hydrogen-bond acceptors (Lipinski definition) is 5. The molecule has 0 saturated carbocycles. The van der Waals surface area contributed by atoms with Crippen LogP contribution in [0.15, 0.2) is 75.9 Å². The van der Waals surface area contributed by atoms with Crippen LogP contribution < -0.4 is 19.8 Å². The van der Waals surface area contributed by atoms with E-state index in [-0.39, 0.29) is 22.3 Å². The summed E-state index contributed by atoms with van der Waals surface area (Å²) in [5.41, 5.74) is 1.12. The number of benzene rings is 3. The Hall–Kier alpha value is -4.13. The first kappa shape index (κ1) is 23.6. The number of ether oxygens (including phenoxy) is 2. The molecule has 1 unspecified atom stereocenters. The molecule has 0 fully saturated rings. The van der Waals surface area contributed by atoms with Crippen molar-refractivity contribution in [2.75, 3.05) is 18.6 Å². The third-order valence-electron chi connectivity index (χ3n) is 6.32. The first-order chi connectivity index (χ1) is 17.4. The zero-order valence-electron chi connectivity index (χ0n) is 20.3. The van der Waals surface area contributed by atoms with Gasteiger partial charge < -0.3 is 13.9 Å². The summed E-state index contributed by atoms with van der Waals surface area (Å²) in [5, 5.41) is 0.0852. The van der Waals surface area contributed by atoms with Crippen LogP contribution in [0, 0.1) is 11.7 Å². The van der Waals surface area contributed by atoms with Crippen LogP contribution in [0.1, 0.15) is 48.0 Å². The molecule has 0 bridgehead atoms. The van der Waals surface area contributed by atoms with Crippen molar-refractivity contribution in [2.45, 2.75) is 26.3 Å². The standard InChI is InChI=1S/C29H26FNO5/c1-17(2)13-14-35-23-11-9-18(15-24(23)34-3)26-25-27(32)21-16-19(30)10-12-22(21)36-28(25)29(33)31(26)20-7-5-4-6-8-20/h4-12,15-17,26H,13-14H2,1-3H3. The van der Waals surface area contributed by atoms with Crippen LogP contribution in [0.5, 0.6) is 11.5 Å². The fourth-order valence-corrected chi connectivity index (χ4v) is 4.49. The van der Waals surface area contributed by atoms with Crippen molar-refractivity contribution < 1.29 is 23.1 Å². The highest BCUT2D eigenvalue weighted by Gasteiger charge is 2.44. The van der Waals surface area contributed by atoms with Gasteiger partial charge in [0.15, 0.2) is 16.9 Å². The maximum absolute atomic E-state index is 14.0. The number of carbonyl (C=O) groups is 1. The number of hydrogen-bond donors (Lipinski definition) is 0. The number of methoxy groups -OCH3 is 1. The molecule has 6 nitrogen and oxygen atoms in total. The summed E-state index contributed by atoms with van der Waals surface area (Å²) >= 11 is 0. The van der Waals surface area contributed by atoms with Crippen molar-refractivity contribution in [3.05, 3.63) is 99.7 Å². The molecule has 0 N–H and O–H groups in total. The molecule has 1 aliphatic heterocycles. The Labute approximate surface area is 207 Å². The second kappa shape index (κ2) is 9.49. The summed E-state index contributed by atoms with van der Waals surface area (Å²) < 4.78 is 31.4. The summed E-state index contributed by atoms with van der Waals surface area (Å²) in [5.74, 6) is 0.506. The molecule has 0 radical (unpaired) electrons. The van der Waals surface area contributed by atoms with Gasteiger partial charge in [0, 0.05) is 5.69 Å². The molecule has 1 amide bonds. The van der Waals surface area contributed by atoms with E-state index in [1.807, 2.05) is 24.3 Å². The van der Waals surface area contributed by atoms with Gasteiger partial charge in [-0.25, -0.2) is 4.39 Å². The van der Waals surface area contributed by atoms with Crippen molar-refractivity contribution in [3.63, 3.8) is 0 Å². The topological polar surface area (TPSA) is 69.0 Å². The van der Waals surface area contributed by atoms with E-state index in [1.54, 1.807) is 31.4 Å². The average molecular weight is 488 g/mol. The third kappa shape index (κ3) is 4.11. The van der Waals surface area contributed by atoms with Crippen LogP contribution in [-0.4, -0.2) is 19.6 Å². The number of halogens is 1. The van der Waals surface area contributed by atoms with Crippen molar-refractivity contribution >= 4 is 22.6 Å². The Morgan fingerprint density at radius 2 is 1.78 bits per heavy atom. The maximum atomic E-state index is 14.0. The lowest BCUT2D eigenvalue weighted by atomic mass is 9.97. The van der Waals surface area contributed by atoms with E-state index in [9.17, 15) is 14.0 Å². The lowest BCUT2D eigenvalue weighted by Gasteiger charge is -2.26. The van der Waals surface area contributed by atoms with Gasteiger partial charge in [-0.3, -0.25) is 14.5 Å². The molecule has 3 aromatic carbocycles. The van der Waals surface area contributed by atoms with Crippen molar-refractivity contribution in [1.82, 2.24) is 0 Å². The Morgan fingerprint density at radius 1 is 1.00 bits per heavy atom. The molecule has 2 heterocycles. The molecule has 5 rings (SSSR count). The fourth-order valence-electron chi connectivity index (χ4n) is 4.49. The summed E-state index contributed by atoms with van der Waals surface area (Å²) in [6.07, 6.45) is 0.891. The molecule has 4 aromatic rings. The molecule has 0 aliphatic carbocycles. The molecular formula is C29H26FNO5. The summed E-state index contributed by atoms with van der Waals surface area (Å²) in [7, 11) is 1.54. The number of para-hydroxylation sites is 1. The number of amides is 1. The van der Waals surface area contributed by atoms with E-state index in [0.717, 1.165) is 12.5 Å². The Morgan fingerprint density at radius 3 is 2.50 bits per heavy atom. The minimum Gasteiger partial charge on any atom is -0.493 e. The van der Waals surface area contributed by atoms with E-state index in [4.69, 9.17) is 13.9 Å². The van der Waals surface area contributed by atoms with Gasteiger partial charge in [0.05, 0.1) is 30.7 Å². The van der Waals surface area contributed by atoms with Crippen LogP contribution in [0.4, 0.5) is 10.1 Å². The van der Waals surface area contributed by atoms with Gasteiger partial charge in [-0.15, -0.1) is 0 Å². The number of nitrogens with zero attached hydrogens (tertiary/aromatic N) is 1. The van der Waals surface area contributed by atoms with E-state index >= 15 is 0 Å².